The first-order chi connectivity index (χ1) is 8.73. The van der Waals surface area contributed by atoms with Crippen LogP contribution in [0.4, 0.5) is 5.69 Å². The van der Waals surface area contributed by atoms with Crippen molar-refractivity contribution in [3.8, 4) is 0 Å². The number of nitrogens with two attached hydrogens (primary N) is 1. The minimum absolute atomic E-state index is 0.0926. The first kappa shape index (κ1) is 15.5. The van der Waals surface area contributed by atoms with Gasteiger partial charge in [-0.15, -0.1) is 0 Å². The SMILES string of the molecule is Cc1cnc(CC(C)(CN)C(C)O)c(C)c1[N+](=O)[O-]. The van der Waals surface area contributed by atoms with Crippen molar-refractivity contribution < 1.29 is 10.0 Å². The van der Waals surface area contributed by atoms with Crippen LogP contribution in [0.15, 0.2) is 6.20 Å². The molecule has 1 heterocycles. The number of aliphatic hydroxyl groups excluding tert-OH is 1. The Labute approximate surface area is 112 Å². The fourth-order valence-corrected chi connectivity index (χ4v) is 2.00. The highest BCUT2D eigenvalue weighted by Crippen LogP contribution is 2.30. The zero-order valence-electron chi connectivity index (χ0n) is 11.8. The lowest BCUT2D eigenvalue weighted by Gasteiger charge is -2.31. The van der Waals surface area contributed by atoms with Gasteiger partial charge in [0.1, 0.15) is 0 Å². The summed E-state index contributed by atoms with van der Waals surface area (Å²) in [5.41, 5.74) is 6.97. The first-order valence-corrected chi connectivity index (χ1v) is 6.20. The van der Waals surface area contributed by atoms with Crippen LogP contribution in [0.1, 0.15) is 30.7 Å². The zero-order valence-corrected chi connectivity index (χ0v) is 11.8. The topological polar surface area (TPSA) is 102 Å². The average Bonchev–Trinajstić information content (AvgIpc) is 2.32. The lowest BCUT2D eigenvalue weighted by molar-refractivity contribution is -0.386. The summed E-state index contributed by atoms with van der Waals surface area (Å²) < 4.78 is 0. The van der Waals surface area contributed by atoms with Gasteiger partial charge < -0.3 is 10.8 Å². The third-order valence-corrected chi connectivity index (χ3v) is 3.80. The van der Waals surface area contributed by atoms with Crippen molar-refractivity contribution in [1.82, 2.24) is 4.98 Å². The van der Waals surface area contributed by atoms with Gasteiger partial charge in [0, 0.05) is 29.3 Å². The molecule has 1 rings (SSSR count). The molecule has 0 bridgehead atoms. The second-order valence-corrected chi connectivity index (χ2v) is 5.33. The maximum absolute atomic E-state index is 11.1. The summed E-state index contributed by atoms with van der Waals surface area (Å²) in [6.45, 7) is 7.16. The molecule has 2 unspecified atom stereocenters. The Hall–Kier alpha value is -1.53. The third-order valence-electron chi connectivity index (χ3n) is 3.80. The molecule has 6 nitrogen and oxygen atoms in total. The molecule has 0 aliphatic heterocycles. The second-order valence-electron chi connectivity index (χ2n) is 5.33. The van der Waals surface area contributed by atoms with Gasteiger partial charge in [0.25, 0.3) is 5.69 Å². The van der Waals surface area contributed by atoms with E-state index in [-0.39, 0.29) is 12.2 Å². The van der Waals surface area contributed by atoms with Gasteiger partial charge in [-0.25, -0.2) is 0 Å². The van der Waals surface area contributed by atoms with Crippen LogP contribution >= 0.6 is 0 Å². The normalized spacial score (nSPS) is 15.9. The summed E-state index contributed by atoms with van der Waals surface area (Å²) in [5.74, 6) is 0. The summed E-state index contributed by atoms with van der Waals surface area (Å²) in [5, 5.41) is 20.9. The molecule has 6 heteroatoms. The van der Waals surface area contributed by atoms with Gasteiger partial charge in [-0.2, -0.15) is 0 Å². The van der Waals surface area contributed by atoms with Crippen LogP contribution in [0, 0.1) is 29.4 Å². The lowest BCUT2D eigenvalue weighted by atomic mass is 9.79. The van der Waals surface area contributed by atoms with E-state index >= 15 is 0 Å². The second kappa shape index (κ2) is 5.63. The van der Waals surface area contributed by atoms with E-state index in [0.29, 0.717) is 23.2 Å². The quantitative estimate of drug-likeness (QED) is 0.621. The zero-order chi connectivity index (χ0) is 14.8. The Balaban J connectivity index is 3.23. The van der Waals surface area contributed by atoms with Crippen molar-refractivity contribution in [3.05, 3.63) is 33.1 Å². The molecule has 0 aliphatic rings. The van der Waals surface area contributed by atoms with E-state index in [9.17, 15) is 15.2 Å². The van der Waals surface area contributed by atoms with Crippen molar-refractivity contribution in [3.63, 3.8) is 0 Å². The van der Waals surface area contributed by atoms with Crippen molar-refractivity contribution in [1.29, 1.82) is 0 Å². The molecule has 0 saturated heterocycles. The smallest absolute Gasteiger partial charge is 0.278 e. The molecule has 1 aromatic rings. The molecule has 1 aromatic heterocycles. The molecule has 0 saturated carbocycles. The number of hydrogen-bond donors (Lipinski definition) is 2. The van der Waals surface area contributed by atoms with Crippen LogP contribution in [-0.2, 0) is 6.42 Å². The minimum Gasteiger partial charge on any atom is -0.393 e. The molecule has 0 radical (unpaired) electrons. The van der Waals surface area contributed by atoms with Gasteiger partial charge in [-0.05, 0) is 27.2 Å². The molecule has 19 heavy (non-hydrogen) atoms. The molecule has 3 N–H and O–H groups in total. The first-order valence-electron chi connectivity index (χ1n) is 6.20. The van der Waals surface area contributed by atoms with E-state index in [0.717, 1.165) is 0 Å². The minimum atomic E-state index is -0.612. The molecular weight excluding hydrogens is 246 g/mol. The Bertz CT molecular complexity index is 488. The highest BCUT2D eigenvalue weighted by Gasteiger charge is 2.31. The van der Waals surface area contributed by atoms with E-state index in [1.54, 1.807) is 20.8 Å². The molecule has 2 atom stereocenters. The fourth-order valence-electron chi connectivity index (χ4n) is 2.00. The van der Waals surface area contributed by atoms with Crippen molar-refractivity contribution >= 4 is 5.69 Å². The number of nitrogens with zero attached hydrogens (tertiary/aromatic N) is 2. The third kappa shape index (κ3) is 3.08. The molecule has 106 valence electrons. The summed E-state index contributed by atoms with van der Waals surface area (Å²) in [6, 6.07) is 0. The van der Waals surface area contributed by atoms with E-state index in [4.69, 9.17) is 5.73 Å². The largest absolute Gasteiger partial charge is 0.393 e. The van der Waals surface area contributed by atoms with Gasteiger partial charge >= 0.3 is 0 Å². The number of aromatic nitrogens is 1. The number of aryl methyl sites for hydroxylation is 1. The van der Waals surface area contributed by atoms with E-state index in [1.165, 1.54) is 6.20 Å². The van der Waals surface area contributed by atoms with Crippen molar-refractivity contribution in [2.24, 2.45) is 11.1 Å². The van der Waals surface area contributed by atoms with Crippen LogP contribution in [0.3, 0.4) is 0 Å². The molecule has 0 spiro atoms. The van der Waals surface area contributed by atoms with E-state index in [1.807, 2.05) is 6.92 Å². The predicted molar refractivity (Wildman–Crippen MR) is 72.9 cm³/mol. The molecule has 0 aromatic carbocycles. The Morgan fingerprint density at radius 3 is 2.58 bits per heavy atom. The van der Waals surface area contributed by atoms with E-state index < -0.39 is 16.4 Å². The maximum atomic E-state index is 11.1. The highest BCUT2D eigenvalue weighted by atomic mass is 16.6. The van der Waals surface area contributed by atoms with Gasteiger partial charge in [0.05, 0.1) is 16.7 Å². The van der Waals surface area contributed by atoms with Gasteiger partial charge in [0.2, 0.25) is 0 Å². The van der Waals surface area contributed by atoms with Gasteiger partial charge in [-0.1, -0.05) is 6.92 Å². The molecule has 0 amide bonds. The highest BCUT2D eigenvalue weighted by molar-refractivity contribution is 5.47. The summed E-state index contributed by atoms with van der Waals surface area (Å²) in [7, 11) is 0. The number of pyridine rings is 1. The Morgan fingerprint density at radius 2 is 2.16 bits per heavy atom. The molecule has 0 fully saturated rings. The average molecular weight is 267 g/mol. The van der Waals surface area contributed by atoms with Gasteiger partial charge in [-0.3, -0.25) is 15.1 Å². The standard InChI is InChI=1S/C13H21N3O3/c1-8-6-15-11(9(2)12(8)16(18)19)5-13(4,7-14)10(3)17/h6,10,17H,5,7,14H2,1-4H3. The van der Waals surface area contributed by atoms with Crippen LogP contribution < -0.4 is 5.73 Å². The lowest BCUT2D eigenvalue weighted by Crippen LogP contribution is -2.39. The van der Waals surface area contributed by atoms with E-state index in [2.05, 4.69) is 4.98 Å². The number of rotatable bonds is 5. The summed E-state index contributed by atoms with van der Waals surface area (Å²) in [6.07, 6.45) is 1.30. The maximum Gasteiger partial charge on any atom is 0.278 e. The number of hydrogen-bond acceptors (Lipinski definition) is 5. The van der Waals surface area contributed by atoms with Crippen LogP contribution in [0.25, 0.3) is 0 Å². The Kier molecular flexibility index (Phi) is 4.60. The predicted octanol–water partition coefficient (Wildman–Crippen LogP) is 1.49. The summed E-state index contributed by atoms with van der Waals surface area (Å²) >= 11 is 0. The summed E-state index contributed by atoms with van der Waals surface area (Å²) in [4.78, 5) is 14.9. The van der Waals surface area contributed by atoms with Crippen LogP contribution in [0.2, 0.25) is 0 Å². The monoisotopic (exact) mass is 267 g/mol. The van der Waals surface area contributed by atoms with Crippen molar-refractivity contribution in [2.75, 3.05) is 6.54 Å². The van der Waals surface area contributed by atoms with Crippen LogP contribution in [-0.4, -0.2) is 27.7 Å². The van der Waals surface area contributed by atoms with Gasteiger partial charge in [0.15, 0.2) is 0 Å². The van der Waals surface area contributed by atoms with Crippen molar-refractivity contribution in [2.45, 2.75) is 40.2 Å². The number of nitro groups is 1. The Morgan fingerprint density at radius 1 is 1.58 bits per heavy atom. The fraction of sp³-hybridized carbons (Fsp3) is 0.615. The molecular formula is C13H21N3O3. The van der Waals surface area contributed by atoms with Crippen LogP contribution in [0.5, 0.6) is 0 Å². The number of aliphatic hydroxyl groups is 1. The molecule has 0 aliphatic carbocycles.